The zero-order valence-electron chi connectivity index (χ0n) is 16.6. The van der Waals surface area contributed by atoms with Crippen LogP contribution in [0.1, 0.15) is 56.3 Å². The molecule has 1 unspecified atom stereocenters. The average molecular weight is 376 g/mol. The van der Waals surface area contributed by atoms with E-state index in [9.17, 15) is 9.59 Å². The smallest absolute Gasteiger partial charge is 0.255 e. The number of nitrogens with zero attached hydrogens (tertiary/aromatic N) is 3. The molecule has 0 aromatic carbocycles. The van der Waals surface area contributed by atoms with E-state index in [1.54, 1.807) is 6.20 Å². The summed E-state index contributed by atoms with van der Waals surface area (Å²) in [6.45, 7) is 7.63. The Kier molecular flexibility index (Phi) is 8.51. The van der Waals surface area contributed by atoms with E-state index in [1.807, 2.05) is 17.0 Å². The first-order valence-electron chi connectivity index (χ1n) is 10.1. The van der Waals surface area contributed by atoms with Gasteiger partial charge < -0.3 is 20.9 Å². The minimum Gasteiger partial charge on any atom is -0.357 e. The Labute approximate surface area is 162 Å². The molecule has 1 aromatic heterocycles. The predicted molar refractivity (Wildman–Crippen MR) is 108 cm³/mol. The van der Waals surface area contributed by atoms with Crippen molar-refractivity contribution in [3.63, 3.8) is 0 Å². The van der Waals surface area contributed by atoms with E-state index < -0.39 is 0 Å². The molecule has 7 nitrogen and oxygen atoms in total. The SMILES string of the molecule is CCCN(CC)c1ccc(C(=O)N2CCCCC2CNC(=O)CCN)cn1. The molecule has 0 saturated carbocycles. The van der Waals surface area contributed by atoms with Gasteiger partial charge in [-0.1, -0.05) is 6.92 Å². The van der Waals surface area contributed by atoms with Crippen molar-refractivity contribution in [1.82, 2.24) is 15.2 Å². The fourth-order valence-electron chi connectivity index (χ4n) is 3.50. The third kappa shape index (κ3) is 5.92. The molecular formula is C20H33N5O2. The number of hydrogen-bond acceptors (Lipinski definition) is 5. The predicted octanol–water partition coefficient (Wildman–Crippen LogP) is 1.78. The lowest BCUT2D eigenvalue weighted by Crippen LogP contribution is -2.49. The molecule has 0 aliphatic carbocycles. The van der Waals surface area contributed by atoms with Crippen LogP contribution in [-0.2, 0) is 4.79 Å². The van der Waals surface area contributed by atoms with E-state index in [-0.39, 0.29) is 17.9 Å². The Bertz CT molecular complexity index is 605. The molecule has 1 aliphatic rings. The van der Waals surface area contributed by atoms with Crippen LogP contribution >= 0.6 is 0 Å². The lowest BCUT2D eigenvalue weighted by Gasteiger charge is -2.36. The Hall–Kier alpha value is -2.15. The van der Waals surface area contributed by atoms with Crippen LogP contribution in [0.4, 0.5) is 5.82 Å². The normalized spacial score (nSPS) is 16.9. The molecule has 0 bridgehead atoms. The van der Waals surface area contributed by atoms with Crippen molar-refractivity contribution in [3.05, 3.63) is 23.9 Å². The molecule has 1 fully saturated rings. The maximum atomic E-state index is 13.0. The summed E-state index contributed by atoms with van der Waals surface area (Å²) < 4.78 is 0. The fraction of sp³-hybridized carbons (Fsp3) is 0.650. The molecule has 1 atom stereocenters. The fourth-order valence-corrected chi connectivity index (χ4v) is 3.50. The molecular weight excluding hydrogens is 342 g/mol. The number of piperidine rings is 1. The van der Waals surface area contributed by atoms with E-state index in [1.165, 1.54) is 0 Å². The summed E-state index contributed by atoms with van der Waals surface area (Å²) in [7, 11) is 0. The molecule has 1 aliphatic heterocycles. The highest BCUT2D eigenvalue weighted by atomic mass is 16.2. The third-order valence-electron chi connectivity index (χ3n) is 4.99. The highest BCUT2D eigenvalue weighted by molar-refractivity contribution is 5.94. The number of rotatable bonds is 9. The summed E-state index contributed by atoms with van der Waals surface area (Å²) in [5.41, 5.74) is 6.02. The monoisotopic (exact) mass is 375 g/mol. The van der Waals surface area contributed by atoms with E-state index in [0.717, 1.165) is 51.1 Å². The van der Waals surface area contributed by atoms with Crippen LogP contribution in [0, 0.1) is 0 Å². The number of nitrogens with two attached hydrogens (primary N) is 1. The van der Waals surface area contributed by atoms with Gasteiger partial charge in [-0.25, -0.2) is 4.98 Å². The number of carbonyl (C=O) groups is 2. The minimum atomic E-state index is -0.0583. The van der Waals surface area contributed by atoms with Gasteiger partial charge in [0, 0.05) is 51.4 Å². The van der Waals surface area contributed by atoms with Crippen molar-refractivity contribution in [2.45, 2.75) is 52.0 Å². The average Bonchev–Trinajstić information content (AvgIpc) is 2.70. The topological polar surface area (TPSA) is 91.6 Å². The molecule has 2 rings (SSSR count). The second-order valence-corrected chi connectivity index (χ2v) is 6.98. The van der Waals surface area contributed by atoms with E-state index >= 15 is 0 Å². The van der Waals surface area contributed by atoms with Crippen LogP contribution in [0.2, 0.25) is 0 Å². The first kappa shape index (κ1) is 21.2. The van der Waals surface area contributed by atoms with Crippen molar-refractivity contribution in [2.75, 3.05) is 37.6 Å². The summed E-state index contributed by atoms with van der Waals surface area (Å²) in [6, 6.07) is 3.82. The van der Waals surface area contributed by atoms with Crippen molar-refractivity contribution >= 4 is 17.6 Å². The van der Waals surface area contributed by atoms with Crippen LogP contribution in [0.5, 0.6) is 0 Å². The highest BCUT2D eigenvalue weighted by Crippen LogP contribution is 2.20. The van der Waals surface area contributed by atoms with Crippen LogP contribution in [0.3, 0.4) is 0 Å². The number of anilines is 1. The quantitative estimate of drug-likeness (QED) is 0.686. The number of pyridine rings is 1. The second kappa shape index (κ2) is 10.9. The van der Waals surface area contributed by atoms with Gasteiger partial charge in [-0.15, -0.1) is 0 Å². The van der Waals surface area contributed by atoms with Gasteiger partial charge in [-0.2, -0.15) is 0 Å². The van der Waals surface area contributed by atoms with Gasteiger partial charge in [-0.3, -0.25) is 9.59 Å². The van der Waals surface area contributed by atoms with Crippen LogP contribution in [0.15, 0.2) is 18.3 Å². The van der Waals surface area contributed by atoms with E-state index in [2.05, 4.69) is 29.0 Å². The van der Waals surface area contributed by atoms with Gasteiger partial charge in [0.25, 0.3) is 5.91 Å². The standard InChI is InChI=1S/C20H33N5O2/c1-3-12-24(4-2)18-9-8-16(14-22-18)20(27)25-13-6-5-7-17(25)15-23-19(26)10-11-21/h8-9,14,17H,3-7,10-13,15,21H2,1-2H3,(H,23,26). The minimum absolute atomic E-state index is 0.00892. The Morgan fingerprint density at radius 2 is 2.15 bits per heavy atom. The van der Waals surface area contributed by atoms with Gasteiger partial charge in [0.15, 0.2) is 0 Å². The highest BCUT2D eigenvalue weighted by Gasteiger charge is 2.28. The van der Waals surface area contributed by atoms with Crippen LogP contribution in [-0.4, -0.2) is 60.5 Å². The van der Waals surface area contributed by atoms with Crippen molar-refractivity contribution in [1.29, 1.82) is 0 Å². The van der Waals surface area contributed by atoms with Gasteiger partial charge in [0.1, 0.15) is 5.82 Å². The molecule has 3 N–H and O–H groups in total. The van der Waals surface area contributed by atoms with Gasteiger partial charge in [-0.05, 0) is 44.7 Å². The molecule has 2 heterocycles. The maximum Gasteiger partial charge on any atom is 0.255 e. The number of likely N-dealkylation sites (tertiary alicyclic amines) is 1. The largest absolute Gasteiger partial charge is 0.357 e. The lowest BCUT2D eigenvalue weighted by molar-refractivity contribution is -0.121. The van der Waals surface area contributed by atoms with Crippen LogP contribution < -0.4 is 16.0 Å². The van der Waals surface area contributed by atoms with Crippen LogP contribution in [0.25, 0.3) is 0 Å². The van der Waals surface area contributed by atoms with E-state index in [0.29, 0.717) is 25.1 Å². The molecule has 1 saturated heterocycles. The molecule has 0 spiro atoms. The summed E-state index contributed by atoms with van der Waals surface area (Å²) >= 11 is 0. The number of carbonyl (C=O) groups excluding carboxylic acids is 2. The second-order valence-electron chi connectivity index (χ2n) is 6.98. The first-order chi connectivity index (χ1) is 13.1. The zero-order valence-corrected chi connectivity index (χ0v) is 16.6. The summed E-state index contributed by atoms with van der Waals surface area (Å²) in [6.07, 6.45) is 6.01. The maximum absolute atomic E-state index is 13.0. The summed E-state index contributed by atoms with van der Waals surface area (Å²) in [5, 5.41) is 2.90. The molecule has 7 heteroatoms. The molecule has 1 aromatic rings. The van der Waals surface area contributed by atoms with Crippen molar-refractivity contribution in [2.24, 2.45) is 5.73 Å². The Balaban J connectivity index is 2.03. The Morgan fingerprint density at radius 1 is 1.33 bits per heavy atom. The van der Waals surface area contributed by atoms with Gasteiger partial charge in [0.05, 0.1) is 5.56 Å². The molecule has 2 amide bonds. The lowest BCUT2D eigenvalue weighted by atomic mass is 10.0. The third-order valence-corrected chi connectivity index (χ3v) is 4.99. The number of amides is 2. The Morgan fingerprint density at radius 3 is 2.78 bits per heavy atom. The summed E-state index contributed by atoms with van der Waals surface area (Å²) in [4.78, 5) is 33.3. The van der Waals surface area contributed by atoms with E-state index in [4.69, 9.17) is 5.73 Å². The number of aromatic nitrogens is 1. The number of hydrogen-bond donors (Lipinski definition) is 2. The molecule has 0 radical (unpaired) electrons. The molecule has 27 heavy (non-hydrogen) atoms. The van der Waals surface area contributed by atoms with Gasteiger partial charge >= 0.3 is 0 Å². The first-order valence-corrected chi connectivity index (χ1v) is 10.1. The van der Waals surface area contributed by atoms with Gasteiger partial charge in [0.2, 0.25) is 5.91 Å². The molecule has 150 valence electrons. The zero-order chi connectivity index (χ0) is 19.6. The van der Waals surface area contributed by atoms with Crippen molar-refractivity contribution in [3.8, 4) is 0 Å². The summed E-state index contributed by atoms with van der Waals surface area (Å²) in [5.74, 6) is 0.836. The van der Waals surface area contributed by atoms with Crippen molar-refractivity contribution < 1.29 is 9.59 Å². The number of nitrogens with one attached hydrogen (secondary N) is 1.